The van der Waals surface area contributed by atoms with Crippen LogP contribution in [0.5, 0.6) is 0 Å². The van der Waals surface area contributed by atoms with E-state index in [0.29, 0.717) is 15.6 Å². The zero-order valence-electron chi connectivity index (χ0n) is 12.4. The van der Waals surface area contributed by atoms with E-state index in [1.807, 2.05) is 31.5 Å². The molecule has 0 radical (unpaired) electrons. The summed E-state index contributed by atoms with van der Waals surface area (Å²) in [4.78, 5) is 10.7. The minimum absolute atomic E-state index is 0.0868. The molecule has 0 spiro atoms. The van der Waals surface area contributed by atoms with Gasteiger partial charge in [-0.2, -0.15) is 0 Å². The Morgan fingerprint density at radius 2 is 1.65 bits per heavy atom. The highest BCUT2D eigenvalue weighted by molar-refractivity contribution is 7.19. The van der Waals surface area contributed by atoms with Crippen molar-refractivity contribution in [1.82, 2.24) is 9.97 Å². The third-order valence-electron chi connectivity index (χ3n) is 3.44. The van der Waals surface area contributed by atoms with Gasteiger partial charge in [0.25, 0.3) is 0 Å². The van der Waals surface area contributed by atoms with Gasteiger partial charge in [-0.05, 0) is 29.8 Å². The first-order valence-electron chi connectivity index (χ1n) is 7.12. The van der Waals surface area contributed by atoms with Gasteiger partial charge in [0.15, 0.2) is 0 Å². The second-order valence-corrected chi connectivity index (χ2v) is 6.90. The second-order valence-electron chi connectivity index (χ2n) is 5.00. The third kappa shape index (κ3) is 3.40. The quantitative estimate of drug-likeness (QED) is 0.688. The summed E-state index contributed by atoms with van der Waals surface area (Å²) in [5.74, 6) is 0.830. The average molecular weight is 365 g/mol. The smallest absolute Gasteiger partial charge is 0.127 e. The van der Waals surface area contributed by atoms with E-state index in [9.17, 15) is 5.11 Å². The Morgan fingerprint density at radius 3 is 2.22 bits per heavy atom. The number of benzene rings is 1. The molecule has 0 atom stereocenters. The molecule has 1 aromatic carbocycles. The summed E-state index contributed by atoms with van der Waals surface area (Å²) >= 11 is 14.2. The van der Waals surface area contributed by atoms with E-state index < -0.39 is 0 Å². The normalized spacial score (nSPS) is 11.0. The number of thiophene rings is 1. The maximum Gasteiger partial charge on any atom is 0.127 e. The SMILES string of the molecule is CCc1ncc(-c2ccc(-c3c(Cl)cc(CO)cc3Cl)s2)cn1. The minimum Gasteiger partial charge on any atom is -0.392 e. The fraction of sp³-hybridized carbons (Fsp3) is 0.176. The number of aromatic nitrogens is 2. The summed E-state index contributed by atoms with van der Waals surface area (Å²) in [6.07, 6.45) is 4.48. The van der Waals surface area contributed by atoms with Crippen LogP contribution < -0.4 is 0 Å². The van der Waals surface area contributed by atoms with Gasteiger partial charge >= 0.3 is 0 Å². The Balaban J connectivity index is 1.98. The molecule has 6 heteroatoms. The van der Waals surface area contributed by atoms with E-state index in [0.717, 1.165) is 33.1 Å². The number of hydrogen-bond donors (Lipinski definition) is 1. The fourth-order valence-corrected chi connectivity index (χ4v) is 4.15. The van der Waals surface area contributed by atoms with E-state index in [4.69, 9.17) is 23.2 Å². The second kappa shape index (κ2) is 6.97. The monoisotopic (exact) mass is 364 g/mol. The maximum atomic E-state index is 9.21. The lowest BCUT2D eigenvalue weighted by Gasteiger charge is -2.07. The predicted molar refractivity (Wildman–Crippen MR) is 96.1 cm³/mol. The molecule has 3 nitrogen and oxygen atoms in total. The molecule has 1 N–H and O–H groups in total. The largest absolute Gasteiger partial charge is 0.392 e. The summed E-state index contributed by atoms with van der Waals surface area (Å²) in [6, 6.07) is 7.47. The molecular weight excluding hydrogens is 351 g/mol. The van der Waals surface area contributed by atoms with E-state index in [2.05, 4.69) is 9.97 Å². The van der Waals surface area contributed by atoms with Crippen LogP contribution in [0.4, 0.5) is 0 Å². The number of nitrogens with zero attached hydrogens (tertiary/aromatic N) is 2. The van der Waals surface area contributed by atoms with Crippen molar-refractivity contribution in [3.05, 3.63) is 58.1 Å². The van der Waals surface area contributed by atoms with Crippen LogP contribution in [0, 0.1) is 0 Å². The van der Waals surface area contributed by atoms with Gasteiger partial charge in [0.1, 0.15) is 5.82 Å². The van der Waals surface area contributed by atoms with Gasteiger partial charge in [0, 0.05) is 39.7 Å². The molecule has 0 saturated heterocycles. The molecule has 0 unspecified atom stereocenters. The predicted octanol–water partition coefficient (Wildman–Crippen LogP) is 5.23. The minimum atomic E-state index is -0.0868. The van der Waals surface area contributed by atoms with Crippen molar-refractivity contribution in [3.63, 3.8) is 0 Å². The van der Waals surface area contributed by atoms with Crippen molar-refractivity contribution < 1.29 is 5.11 Å². The molecule has 2 aromatic heterocycles. The molecule has 3 rings (SSSR count). The van der Waals surface area contributed by atoms with Gasteiger partial charge in [-0.25, -0.2) is 9.97 Å². The van der Waals surface area contributed by atoms with Crippen molar-refractivity contribution in [3.8, 4) is 20.9 Å². The van der Waals surface area contributed by atoms with Gasteiger partial charge in [-0.15, -0.1) is 11.3 Å². The lowest BCUT2D eigenvalue weighted by molar-refractivity contribution is 0.282. The lowest BCUT2D eigenvalue weighted by Crippen LogP contribution is -1.90. The average Bonchev–Trinajstić information content (AvgIpc) is 3.03. The van der Waals surface area contributed by atoms with Crippen molar-refractivity contribution in [2.24, 2.45) is 0 Å². The Bertz CT molecular complexity index is 808. The highest BCUT2D eigenvalue weighted by Crippen LogP contribution is 2.41. The number of hydrogen-bond acceptors (Lipinski definition) is 4. The van der Waals surface area contributed by atoms with Crippen molar-refractivity contribution in [2.45, 2.75) is 20.0 Å². The van der Waals surface area contributed by atoms with Gasteiger partial charge < -0.3 is 5.11 Å². The Labute approximate surface area is 148 Å². The topological polar surface area (TPSA) is 46.0 Å². The molecule has 118 valence electrons. The maximum absolute atomic E-state index is 9.21. The van der Waals surface area contributed by atoms with Crippen molar-refractivity contribution in [1.29, 1.82) is 0 Å². The van der Waals surface area contributed by atoms with Gasteiger partial charge in [-0.3, -0.25) is 0 Å². The highest BCUT2D eigenvalue weighted by atomic mass is 35.5. The standard InChI is InChI=1S/C17H14Cl2N2OS/c1-2-16-20-7-11(8-21-16)14-3-4-15(23-14)17-12(18)5-10(9-22)6-13(17)19/h3-8,22H,2,9H2,1H3. The third-order valence-corrected chi connectivity index (χ3v) is 5.19. The van der Waals surface area contributed by atoms with Crippen molar-refractivity contribution >= 4 is 34.5 Å². The summed E-state index contributed by atoms with van der Waals surface area (Å²) in [5, 5.41) is 10.3. The first-order chi connectivity index (χ1) is 11.1. The van der Waals surface area contributed by atoms with E-state index >= 15 is 0 Å². The first kappa shape index (κ1) is 16.4. The van der Waals surface area contributed by atoms with Crippen LogP contribution in [0.2, 0.25) is 10.0 Å². The number of aliphatic hydroxyl groups is 1. The molecule has 0 aliphatic carbocycles. The van der Waals surface area contributed by atoms with Crippen LogP contribution in [-0.4, -0.2) is 15.1 Å². The molecule has 3 aromatic rings. The van der Waals surface area contributed by atoms with Gasteiger partial charge in [0.2, 0.25) is 0 Å². The van der Waals surface area contributed by atoms with E-state index in [1.54, 1.807) is 23.5 Å². The summed E-state index contributed by atoms with van der Waals surface area (Å²) in [7, 11) is 0. The van der Waals surface area contributed by atoms with Crippen LogP contribution in [0.15, 0.2) is 36.7 Å². The Morgan fingerprint density at radius 1 is 1.04 bits per heavy atom. The van der Waals surface area contributed by atoms with Crippen LogP contribution >= 0.6 is 34.5 Å². The van der Waals surface area contributed by atoms with Crippen molar-refractivity contribution in [2.75, 3.05) is 0 Å². The number of halogens is 2. The molecular formula is C17H14Cl2N2OS. The van der Waals surface area contributed by atoms with Crippen LogP contribution in [0.1, 0.15) is 18.3 Å². The summed E-state index contributed by atoms with van der Waals surface area (Å²) in [6.45, 7) is 1.94. The summed E-state index contributed by atoms with van der Waals surface area (Å²) in [5.41, 5.74) is 2.45. The van der Waals surface area contributed by atoms with Crippen LogP contribution in [0.3, 0.4) is 0 Å². The molecule has 0 aliphatic rings. The first-order valence-corrected chi connectivity index (χ1v) is 8.70. The molecule has 0 saturated carbocycles. The molecule has 0 bridgehead atoms. The van der Waals surface area contributed by atoms with E-state index in [-0.39, 0.29) is 6.61 Å². The zero-order chi connectivity index (χ0) is 16.4. The lowest BCUT2D eigenvalue weighted by atomic mass is 10.1. The molecule has 0 fully saturated rings. The molecule has 0 amide bonds. The Kier molecular flexibility index (Phi) is 4.97. The van der Waals surface area contributed by atoms with Gasteiger partial charge in [-0.1, -0.05) is 30.1 Å². The number of rotatable bonds is 4. The molecule has 2 heterocycles. The van der Waals surface area contributed by atoms with Gasteiger partial charge in [0.05, 0.1) is 16.7 Å². The van der Waals surface area contributed by atoms with E-state index in [1.165, 1.54) is 0 Å². The van der Waals surface area contributed by atoms with Crippen LogP contribution in [0.25, 0.3) is 20.9 Å². The van der Waals surface area contributed by atoms with Crippen LogP contribution in [-0.2, 0) is 13.0 Å². The molecule has 23 heavy (non-hydrogen) atoms. The Hall–Kier alpha value is -1.46. The fourth-order valence-electron chi connectivity index (χ4n) is 2.24. The summed E-state index contributed by atoms with van der Waals surface area (Å²) < 4.78 is 0. The number of aryl methyl sites for hydroxylation is 1. The zero-order valence-corrected chi connectivity index (χ0v) is 14.7. The highest BCUT2D eigenvalue weighted by Gasteiger charge is 2.13. The molecule has 0 aliphatic heterocycles. The number of aliphatic hydroxyl groups excluding tert-OH is 1.